The lowest BCUT2D eigenvalue weighted by Gasteiger charge is -2.37. The lowest BCUT2D eigenvalue weighted by atomic mass is 9.78. The van der Waals surface area contributed by atoms with E-state index in [0.717, 1.165) is 34.2 Å². The van der Waals surface area contributed by atoms with Gasteiger partial charge in [0.1, 0.15) is 5.82 Å². The van der Waals surface area contributed by atoms with Gasteiger partial charge in [0.05, 0.1) is 17.6 Å². The molecule has 1 unspecified atom stereocenters. The Balaban J connectivity index is 1.86. The van der Waals surface area contributed by atoms with E-state index in [1.165, 1.54) is 16.2 Å². The molecule has 1 atom stereocenters. The predicted octanol–water partition coefficient (Wildman–Crippen LogP) is 4.97. The number of anilines is 1. The highest BCUT2D eigenvalue weighted by Crippen LogP contribution is 2.48. The molecular formula is C21H23N5OS3. The van der Waals surface area contributed by atoms with Crippen molar-refractivity contribution >= 4 is 45.4 Å². The summed E-state index contributed by atoms with van der Waals surface area (Å²) in [4.78, 5) is 17.1. The molecule has 1 aliphatic heterocycles. The number of Topliss-reactive ketones (excluding diaryl/α,β-unsaturated/α-hetero) is 1. The van der Waals surface area contributed by atoms with Gasteiger partial charge in [-0.1, -0.05) is 43.9 Å². The molecule has 0 fully saturated rings. The minimum absolute atomic E-state index is 0.0965. The van der Waals surface area contributed by atoms with Crippen LogP contribution in [0.25, 0.3) is 0 Å². The molecular weight excluding hydrogens is 434 g/mol. The summed E-state index contributed by atoms with van der Waals surface area (Å²) in [6.07, 6.45) is 2.92. The van der Waals surface area contributed by atoms with Gasteiger partial charge in [-0.2, -0.15) is 5.26 Å². The second kappa shape index (κ2) is 8.53. The van der Waals surface area contributed by atoms with Crippen LogP contribution in [0.3, 0.4) is 0 Å². The molecule has 4 rings (SSSR count). The van der Waals surface area contributed by atoms with Gasteiger partial charge in [0.2, 0.25) is 5.13 Å². The van der Waals surface area contributed by atoms with E-state index in [1.54, 1.807) is 28.0 Å². The topological polar surface area (TPSA) is 95.9 Å². The number of allylic oxidation sites excluding steroid dienone is 3. The fourth-order valence-corrected chi connectivity index (χ4v) is 7.05. The number of carbonyl (C=O) groups excluding carboxylic acids is 1. The van der Waals surface area contributed by atoms with Crippen LogP contribution in [0.4, 0.5) is 5.13 Å². The molecule has 0 saturated carbocycles. The Labute approximate surface area is 188 Å². The SMILES string of the molecule is CCc1ccc(C2C(C#N)=C(N)N(c3nnc(SC(C)C)s3)C3=C2C(=O)CCC3)s1. The molecule has 2 N–H and O–H groups in total. The third kappa shape index (κ3) is 3.68. The van der Waals surface area contributed by atoms with Crippen molar-refractivity contribution in [2.45, 2.75) is 62.0 Å². The van der Waals surface area contributed by atoms with Gasteiger partial charge >= 0.3 is 0 Å². The second-order valence-electron chi connectivity index (χ2n) is 7.49. The molecule has 0 spiro atoms. The fourth-order valence-electron chi connectivity index (χ4n) is 3.87. The van der Waals surface area contributed by atoms with Crippen LogP contribution in [-0.2, 0) is 11.2 Å². The van der Waals surface area contributed by atoms with Crippen LogP contribution >= 0.6 is 34.4 Å². The molecule has 3 heterocycles. The first kappa shape index (κ1) is 21.1. The molecule has 0 radical (unpaired) electrons. The van der Waals surface area contributed by atoms with Gasteiger partial charge in [-0.05, 0) is 31.4 Å². The van der Waals surface area contributed by atoms with E-state index in [2.05, 4.69) is 43.1 Å². The Kier molecular flexibility index (Phi) is 6.00. The first-order valence-electron chi connectivity index (χ1n) is 9.99. The van der Waals surface area contributed by atoms with Crippen molar-refractivity contribution in [3.8, 4) is 6.07 Å². The van der Waals surface area contributed by atoms with Crippen molar-refractivity contribution in [2.75, 3.05) is 4.90 Å². The maximum Gasteiger partial charge on any atom is 0.219 e. The number of thioether (sulfide) groups is 1. The minimum Gasteiger partial charge on any atom is -0.384 e. The summed E-state index contributed by atoms with van der Waals surface area (Å²) in [6, 6.07) is 6.41. The van der Waals surface area contributed by atoms with Crippen LogP contribution in [0.5, 0.6) is 0 Å². The lowest BCUT2D eigenvalue weighted by Crippen LogP contribution is -2.38. The number of thiophene rings is 1. The van der Waals surface area contributed by atoms with Crippen LogP contribution in [0.15, 0.2) is 39.1 Å². The first-order chi connectivity index (χ1) is 14.4. The molecule has 0 amide bonds. The molecule has 2 aromatic rings. The van der Waals surface area contributed by atoms with Crippen molar-refractivity contribution in [1.82, 2.24) is 10.2 Å². The van der Waals surface area contributed by atoms with Gasteiger partial charge < -0.3 is 5.73 Å². The molecule has 0 bridgehead atoms. The van der Waals surface area contributed by atoms with Crippen molar-refractivity contribution in [1.29, 1.82) is 5.26 Å². The number of rotatable bonds is 5. The molecule has 156 valence electrons. The van der Waals surface area contributed by atoms with E-state index < -0.39 is 5.92 Å². The highest BCUT2D eigenvalue weighted by atomic mass is 32.2. The van der Waals surface area contributed by atoms with Gasteiger partial charge in [-0.15, -0.1) is 21.5 Å². The third-order valence-corrected chi connectivity index (χ3v) is 8.44. The largest absolute Gasteiger partial charge is 0.384 e. The number of nitrogens with zero attached hydrogens (tertiary/aromatic N) is 4. The Morgan fingerprint density at radius 2 is 2.13 bits per heavy atom. The fraction of sp³-hybridized carbons (Fsp3) is 0.429. The van der Waals surface area contributed by atoms with Crippen molar-refractivity contribution in [3.63, 3.8) is 0 Å². The molecule has 2 aromatic heterocycles. The molecule has 0 aromatic carbocycles. The van der Waals surface area contributed by atoms with Crippen LogP contribution in [0.1, 0.15) is 55.7 Å². The average Bonchev–Trinajstić information content (AvgIpc) is 3.36. The van der Waals surface area contributed by atoms with Crippen LogP contribution < -0.4 is 10.6 Å². The van der Waals surface area contributed by atoms with E-state index in [1.807, 2.05) is 6.07 Å². The Morgan fingerprint density at radius 1 is 1.33 bits per heavy atom. The number of nitrogens with two attached hydrogens (primary N) is 1. The van der Waals surface area contributed by atoms with Crippen molar-refractivity contribution in [3.05, 3.63) is 44.6 Å². The predicted molar refractivity (Wildman–Crippen MR) is 123 cm³/mol. The van der Waals surface area contributed by atoms with Crippen molar-refractivity contribution in [2.24, 2.45) is 5.73 Å². The lowest BCUT2D eigenvalue weighted by molar-refractivity contribution is -0.116. The zero-order valence-corrected chi connectivity index (χ0v) is 19.6. The van der Waals surface area contributed by atoms with Gasteiger partial charge in [0.15, 0.2) is 10.1 Å². The molecule has 30 heavy (non-hydrogen) atoms. The summed E-state index contributed by atoms with van der Waals surface area (Å²) in [5.41, 5.74) is 8.56. The molecule has 9 heteroatoms. The van der Waals surface area contributed by atoms with Crippen LogP contribution in [0, 0.1) is 11.3 Å². The van der Waals surface area contributed by atoms with Gasteiger partial charge in [0, 0.05) is 32.7 Å². The Morgan fingerprint density at radius 3 is 2.80 bits per heavy atom. The summed E-state index contributed by atoms with van der Waals surface area (Å²) in [5.74, 6) is 0.0654. The first-order valence-corrected chi connectivity index (χ1v) is 12.5. The molecule has 0 saturated heterocycles. The number of aryl methyl sites for hydroxylation is 1. The zero-order chi connectivity index (χ0) is 21.4. The van der Waals surface area contributed by atoms with E-state index >= 15 is 0 Å². The van der Waals surface area contributed by atoms with E-state index in [4.69, 9.17) is 5.73 Å². The van der Waals surface area contributed by atoms with E-state index in [0.29, 0.717) is 33.8 Å². The Bertz CT molecular complexity index is 1090. The zero-order valence-electron chi connectivity index (χ0n) is 17.1. The summed E-state index contributed by atoms with van der Waals surface area (Å²) in [7, 11) is 0. The van der Waals surface area contributed by atoms with Crippen LogP contribution in [0.2, 0.25) is 0 Å². The Hall–Kier alpha value is -2.15. The number of ketones is 1. The molecule has 6 nitrogen and oxygen atoms in total. The average molecular weight is 458 g/mol. The minimum atomic E-state index is -0.392. The van der Waals surface area contributed by atoms with E-state index in [9.17, 15) is 10.1 Å². The highest BCUT2D eigenvalue weighted by molar-refractivity contribution is 8.01. The number of carbonyl (C=O) groups is 1. The second-order valence-corrected chi connectivity index (χ2v) is 11.5. The molecule has 2 aliphatic rings. The van der Waals surface area contributed by atoms with E-state index in [-0.39, 0.29) is 5.78 Å². The highest BCUT2D eigenvalue weighted by Gasteiger charge is 2.41. The van der Waals surface area contributed by atoms with Gasteiger partial charge in [0.25, 0.3) is 0 Å². The van der Waals surface area contributed by atoms with Gasteiger partial charge in [-0.25, -0.2) is 0 Å². The maximum atomic E-state index is 13.1. The van der Waals surface area contributed by atoms with Gasteiger partial charge in [-0.3, -0.25) is 9.69 Å². The number of aromatic nitrogens is 2. The van der Waals surface area contributed by atoms with Crippen LogP contribution in [-0.4, -0.2) is 21.2 Å². The third-order valence-electron chi connectivity index (χ3n) is 5.15. The smallest absolute Gasteiger partial charge is 0.219 e. The maximum absolute atomic E-state index is 13.1. The summed E-state index contributed by atoms with van der Waals surface area (Å²) >= 11 is 4.74. The number of nitriles is 1. The standard InChI is InChI=1S/C21H23N5OS3/c1-4-12-8-9-16(29-12)17-13(10-22)19(23)26(14-6-5-7-15(27)18(14)17)20-24-25-21(30-20)28-11(2)3/h8-9,11,17H,4-7,23H2,1-3H3. The number of hydrogen-bond acceptors (Lipinski definition) is 9. The quantitative estimate of drug-likeness (QED) is 0.633. The normalized spacial score (nSPS) is 19.5. The monoisotopic (exact) mass is 457 g/mol. The summed E-state index contributed by atoms with van der Waals surface area (Å²) in [5, 5.41) is 19.7. The van der Waals surface area contributed by atoms with Crippen molar-refractivity contribution < 1.29 is 4.79 Å². The summed E-state index contributed by atoms with van der Waals surface area (Å²) in [6.45, 7) is 6.31. The molecule has 1 aliphatic carbocycles. The number of hydrogen-bond donors (Lipinski definition) is 1. The summed E-state index contributed by atoms with van der Waals surface area (Å²) < 4.78 is 0.851.